The molecule has 2 heterocycles. The molecule has 1 N–H and O–H groups in total. The summed E-state index contributed by atoms with van der Waals surface area (Å²) >= 11 is 1.45. The number of aromatic nitrogens is 2. The average molecular weight is 366 g/mol. The van der Waals surface area contributed by atoms with Crippen molar-refractivity contribution in [1.29, 1.82) is 0 Å². The number of hydrogen-bond donors (Lipinski definition) is 1. The van der Waals surface area contributed by atoms with E-state index in [0.29, 0.717) is 10.8 Å². The summed E-state index contributed by atoms with van der Waals surface area (Å²) < 4.78 is 1.90. The Morgan fingerprint density at radius 3 is 2.92 bits per heavy atom. The highest BCUT2D eigenvalue weighted by Crippen LogP contribution is 2.30. The number of amides is 1. The van der Waals surface area contributed by atoms with Crippen LogP contribution in [0.4, 0.5) is 0 Å². The number of hydrogen-bond acceptors (Lipinski definition) is 4. The molecule has 0 bridgehead atoms. The molecular weight excluding hydrogens is 344 g/mol. The third-order valence-electron chi connectivity index (χ3n) is 4.83. The van der Waals surface area contributed by atoms with Crippen LogP contribution in [0.1, 0.15) is 48.0 Å². The van der Waals surface area contributed by atoms with Crippen LogP contribution in [0.3, 0.4) is 0 Å². The molecule has 6 heteroatoms. The van der Waals surface area contributed by atoms with Crippen molar-refractivity contribution in [2.45, 2.75) is 39.5 Å². The summed E-state index contributed by atoms with van der Waals surface area (Å²) in [4.78, 5) is 14.2. The quantitative estimate of drug-likeness (QED) is 0.684. The maximum Gasteiger partial charge on any atom is 0.281 e. The molecule has 5 nitrogen and oxygen atoms in total. The van der Waals surface area contributed by atoms with Crippen LogP contribution < -0.4 is 5.43 Å². The number of aryl methyl sites for hydroxylation is 1. The molecule has 0 saturated heterocycles. The molecule has 0 radical (unpaired) electrons. The Balaban J connectivity index is 1.59. The van der Waals surface area contributed by atoms with Crippen LogP contribution in [0.15, 0.2) is 41.5 Å². The molecule has 134 valence electrons. The summed E-state index contributed by atoms with van der Waals surface area (Å²) in [5.74, 6) is 0.513. The molecule has 4 rings (SSSR count). The summed E-state index contributed by atoms with van der Waals surface area (Å²) in [5.41, 5.74) is 5.77. The van der Waals surface area contributed by atoms with Crippen molar-refractivity contribution >= 4 is 33.2 Å². The Hall–Kier alpha value is -2.47. The van der Waals surface area contributed by atoms with Crippen LogP contribution in [0.5, 0.6) is 0 Å². The normalized spacial score (nSPS) is 19.2. The highest BCUT2D eigenvalue weighted by atomic mass is 32.1. The molecule has 1 aliphatic rings. The van der Waals surface area contributed by atoms with Crippen LogP contribution in [0, 0.1) is 12.8 Å². The number of para-hydroxylation sites is 1. The van der Waals surface area contributed by atoms with Gasteiger partial charge in [0.25, 0.3) is 5.91 Å². The zero-order chi connectivity index (χ0) is 18.1. The van der Waals surface area contributed by atoms with Gasteiger partial charge in [-0.15, -0.1) is 11.3 Å². The van der Waals surface area contributed by atoms with Crippen molar-refractivity contribution in [3.05, 3.63) is 47.0 Å². The highest BCUT2D eigenvalue weighted by molar-refractivity contribution is 7.20. The number of benzene rings is 1. The second-order valence-electron chi connectivity index (χ2n) is 6.98. The minimum absolute atomic E-state index is 0.143. The van der Waals surface area contributed by atoms with Crippen molar-refractivity contribution in [2.24, 2.45) is 11.0 Å². The maximum absolute atomic E-state index is 12.6. The van der Waals surface area contributed by atoms with Crippen molar-refractivity contribution in [1.82, 2.24) is 15.2 Å². The zero-order valence-corrected chi connectivity index (χ0v) is 15.8. The SMILES string of the molecule is Cc1nn(-c2ccccc2)c2sc(C(=O)N/N=C3\CCC[C@@H](C)C3)cc12. The number of fused-ring (bicyclic) bond motifs is 1. The van der Waals surface area contributed by atoms with E-state index in [1.807, 2.05) is 48.0 Å². The lowest BCUT2D eigenvalue weighted by molar-refractivity contribution is 0.0958. The van der Waals surface area contributed by atoms with Gasteiger partial charge in [-0.1, -0.05) is 25.1 Å². The van der Waals surface area contributed by atoms with Gasteiger partial charge in [-0.2, -0.15) is 10.2 Å². The van der Waals surface area contributed by atoms with Crippen LogP contribution >= 0.6 is 11.3 Å². The summed E-state index contributed by atoms with van der Waals surface area (Å²) in [6.07, 6.45) is 4.37. The van der Waals surface area contributed by atoms with E-state index in [0.717, 1.165) is 46.6 Å². The van der Waals surface area contributed by atoms with E-state index in [1.165, 1.54) is 17.8 Å². The third kappa shape index (κ3) is 3.29. The predicted molar refractivity (Wildman–Crippen MR) is 106 cm³/mol. The van der Waals surface area contributed by atoms with E-state index in [1.54, 1.807) is 0 Å². The fraction of sp³-hybridized carbons (Fsp3) is 0.350. The van der Waals surface area contributed by atoms with Gasteiger partial charge in [-0.05, 0) is 56.7 Å². The Morgan fingerprint density at radius 1 is 1.35 bits per heavy atom. The van der Waals surface area contributed by atoms with Gasteiger partial charge in [-0.25, -0.2) is 10.1 Å². The number of thiophene rings is 1. The Labute approximate surface area is 156 Å². The first-order chi connectivity index (χ1) is 12.6. The molecule has 26 heavy (non-hydrogen) atoms. The molecule has 1 aliphatic carbocycles. The van der Waals surface area contributed by atoms with Crippen LogP contribution in [0.2, 0.25) is 0 Å². The first kappa shape index (κ1) is 17.0. The van der Waals surface area contributed by atoms with Gasteiger partial charge < -0.3 is 0 Å². The molecule has 1 atom stereocenters. The van der Waals surface area contributed by atoms with Gasteiger partial charge in [0.15, 0.2) is 0 Å². The second-order valence-corrected chi connectivity index (χ2v) is 8.01. The van der Waals surface area contributed by atoms with E-state index in [9.17, 15) is 4.79 Å². The van der Waals surface area contributed by atoms with E-state index < -0.39 is 0 Å². The second kappa shape index (κ2) is 7.03. The summed E-state index contributed by atoms with van der Waals surface area (Å²) in [5, 5.41) is 10.0. The summed E-state index contributed by atoms with van der Waals surface area (Å²) in [6, 6.07) is 11.9. The van der Waals surface area contributed by atoms with E-state index >= 15 is 0 Å². The molecular formula is C20H22N4OS. The van der Waals surface area contributed by atoms with Gasteiger partial charge in [0.1, 0.15) is 4.83 Å². The number of carbonyl (C=O) groups is 1. The summed E-state index contributed by atoms with van der Waals surface area (Å²) in [7, 11) is 0. The van der Waals surface area contributed by atoms with Crippen molar-refractivity contribution in [3.8, 4) is 5.69 Å². The fourth-order valence-corrected chi connectivity index (χ4v) is 4.52. The first-order valence-corrected chi connectivity index (χ1v) is 9.84. The van der Waals surface area contributed by atoms with Gasteiger partial charge >= 0.3 is 0 Å². The maximum atomic E-state index is 12.6. The minimum atomic E-state index is -0.143. The zero-order valence-electron chi connectivity index (χ0n) is 15.0. The number of nitrogens with one attached hydrogen (secondary N) is 1. The lowest BCUT2D eigenvalue weighted by atomic mass is 9.89. The van der Waals surface area contributed by atoms with Crippen molar-refractivity contribution in [2.75, 3.05) is 0 Å². The lowest BCUT2D eigenvalue weighted by Crippen LogP contribution is -2.21. The minimum Gasteiger partial charge on any atom is -0.266 e. The molecule has 1 fully saturated rings. The number of rotatable bonds is 3. The number of nitrogens with zero attached hydrogens (tertiary/aromatic N) is 3. The molecule has 3 aromatic rings. The topological polar surface area (TPSA) is 59.3 Å². The van der Waals surface area contributed by atoms with Crippen molar-refractivity contribution in [3.63, 3.8) is 0 Å². The Bertz CT molecular complexity index is 971. The standard InChI is InChI=1S/C20H22N4OS/c1-13-7-6-8-15(11-13)21-22-19(25)18-12-17-14(2)23-24(20(17)26-18)16-9-4-3-5-10-16/h3-5,9-10,12-13H,6-8,11H2,1-2H3,(H,22,25)/b21-15+/t13-/m1/s1. The molecule has 1 amide bonds. The molecule has 2 aromatic heterocycles. The van der Waals surface area contributed by atoms with Gasteiger partial charge in [0.05, 0.1) is 16.3 Å². The largest absolute Gasteiger partial charge is 0.281 e. The molecule has 0 spiro atoms. The average Bonchev–Trinajstić information content (AvgIpc) is 3.21. The van der Waals surface area contributed by atoms with E-state index in [-0.39, 0.29) is 5.91 Å². The van der Waals surface area contributed by atoms with Crippen LogP contribution in [-0.2, 0) is 0 Å². The predicted octanol–water partition coefficient (Wildman–Crippen LogP) is 4.69. The summed E-state index contributed by atoms with van der Waals surface area (Å²) in [6.45, 7) is 4.21. The van der Waals surface area contributed by atoms with Gasteiger partial charge in [-0.3, -0.25) is 4.79 Å². The van der Waals surface area contributed by atoms with Gasteiger partial charge in [0, 0.05) is 11.1 Å². The third-order valence-corrected chi connectivity index (χ3v) is 5.94. The number of hydrazone groups is 1. The van der Waals surface area contributed by atoms with Crippen LogP contribution in [0.25, 0.3) is 15.9 Å². The smallest absolute Gasteiger partial charge is 0.266 e. The fourth-order valence-electron chi connectivity index (χ4n) is 3.45. The molecule has 1 aromatic carbocycles. The van der Waals surface area contributed by atoms with Crippen LogP contribution in [-0.4, -0.2) is 21.4 Å². The van der Waals surface area contributed by atoms with E-state index in [2.05, 4.69) is 22.5 Å². The Morgan fingerprint density at radius 2 is 2.15 bits per heavy atom. The highest BCUT2D eigenvalue weighted by Gasteiger charge is 2.18. The Kier molecular flexibility index (Phi) is 4.59. The van der Waals surface area contributed by atoms with E-state index in [4.69, 9.17) is 0 Å². The molecule has 0 aliphatic heterocycles. The van der Waals surface area contributed by atoms with Crippen molar-refractivity contribution < 1.29 is 4.79 Å². The molecule has 1 saturated carbocycles. The molecule has 0 unspecified atom stereocenters. The number of carbonyl (C=O) groups excluding carboxylic acids is 1. The first-order valence-electron chi connectivity index (χ1n) is 9.02. The lowest BCUT2D eigenvalue weighted by Gasteiger charge is -2.18. The monoisotopic (exact) mass is 366 g/mol. The van der Waals surface area contributed by atoms with Gasteiger partial charge in [0.2, 0.25) is 0 Å².